The molecule has 1 aromatic heterocycles. The fourth-order valence-electron chi connectivity index (χ4n) is 2.59. The van der Waals surface area contributed by atoms with Gasteiger partial charge in [-0.3, -0.25) is 14.3 Å². The number of azide groups is 1. The summed E-state index contributed by atoms with van der Waals surface area (Å²) in [7, 11) is 1.34. The number of hydrogen-bond donors (Lipinski definition) is 2. The summed E-state index contributed by atoms with van der Waals surface area (Å²) in [6.07, 6.45) is 2.28. The van der Waals surface area contributed by atoms with Crippen molar-refractivity contribution >= 4 is 0 Å². The minimum Gasteiger partial charge on any atom is -0.490 e. The Labute approximate surface area is 113 Å². The van der Waals surface area contributed by atoms with Crippen LogP contribution in [0.2, 0.25) is 0 Å². The van der Waals surface area contributed by atoms with Gasteiger partial charge in [-0.05, 0) is 24.3 Å². The number of aliphatic hydroxyl groups is 1. The highest BCUT2D eigenvalue weighted by Gasteiger charge is 2.34. The molecule has 1 saturated carbocycles. The van der Waals surface area contributed by atoms with Gasteiger partial charge in [-0.25, -0.2) is 4.79 Å². The summed E-state index contributed by atoms with van der Waals surface area (Å²) in [5.41, 5.74) is 7.38. The molecular weight excluding hydrogens is 266 g/mol. The molecule has 3 atom stereocenters. The van der Waals surface area contributed by atoms with E-state index in [1.807, 2.05) is 0 Å². The van der Waals surface area contributed by atoms with Crippen LogP contribution in [0.1, 0.15) is 18.9 Å². The van der Waals surface area contributed by atoms with Crippen molar-refractivity contribution in [3.8, 4) is 5.75 Å². The lowest BCUT2D eigenvalue weighted by molar-refractivity contribution is 0.215. The average molecular weight is 281 g/mol. The molecule has 108 valence electrons. The van der Waals surface area contributed by atoms with Crippen LogP contribution < -0.4 is 16.0 Å². The largest absolute Gasteiger partial charge is 0.490 e. The number of rotatable bonds is 4. The molecule has 2 N–H and O–H groups in total. The van der Waals surface area contributed by atoms with Gasteiger partial charge in [0.25, 0.3) is 5.56 Å². The molecular formula is C11H15N5O4. The van der Waals surface area contributed by atoms with Crippen LogP contribution in [-0.2, 0) is 0 Å². The van der Waals surface area contributed by atoms with E-state index >= 15 is 0 Å². The second kappa shape index (κ2) is 5.81. The van der Waals surface area contributed by atoms with Crippen LogP contribution in [0.25, 0.3) is 10.4 Å². The second-order valence-corrected chi connectivity index (χ2v) is 4.70. The SMILES string of the molecule is COc1cn([C@@H]2C[C@H](CO)[C@@H](N=[N+]=[N-])C2)c(=O)[nH]c1=O. The highest BCUT2D eigenvalue weighted by atomic mass is 16.5. The predicted molar refractivity (Wildman–Crippen MR) is 69.7 cm³/mol. The molecule has 20 heavy (non-hydrogen) atoms. The molecule has 0 saturated heterocycles. The second-order valence-electron chi connectivity index (χ2n) is 4.70. The molecule has 9 heteroatoms. The Bertz CT molecular complexity index is 645. The summed E-state index contributed by atoms with van der Waals surface area (Å²) in [6, 6.07) is -0.610. The zero-order chi connectivity index (χ0) is 14.7. The number of hydrogen-bond acceptors (Lipinski definition) is 5. The van der Waals surface area contributed by atoms with Crippen LogP contribution >= 0.6 is 0 Å². The first kappa shape index (κ1) is 14.2. The van der Waals surface area contributed by atoms with Crippen molar-refractivity contribution in [2.24, 2.45) is 11.0 Å². The van der Waals surface area contributed by atoms with E-state index in [0.29, 0.717) is 12.8 Å². The first-order valence-corrected chi connectivity index (χ1v) is 6.15. The van der Waals surface area contributed by atoms with Crippen molar-refractivity contribution in [2.75, 3.05) is 13.7 Å². The molecule has 1 heterocycles. The van der Waals surface area contributed by atoms with Gasteiger partial charge in [0, 0.05) is 23.6 Å². The molecule has 0 amide bonds. The Balaban J connectivity index is 2.36. The van der Waals surface area contributed by atoms with Crippen molar-refractivity contribution < 1.29 is 9.84 Å². The number of nitrogens with zero attached hydrogens (tertiary/aromatic N) is 4. The molecule has 1 aliphatic carbocycles. The van der Waals surface area contributed by atoms with Crippen LogP contribution in [0.5, 0.6) is 5.75 Å². The quantitative estimate of drug-likeness (QED) is 0.462. The fraction of sp³-hybridized carbons (Fsp3) is 0.636. The van der Waals surface area contributed by atoms with E-state index in [-0.39, 0.29) is 30.4 Å². The zero-order valence-corrected chi connectivity index (χ0v) is 10.9. The van der Waals surface area contributed by atoms with Gasteiger partial charge in [0.2, 0.25) is 5.75 Å². The lowest BCUT2D eigenvalue weighted by Gasteiger charge is -2.14. The van der Waals surface area contributed by atoms with Crippen LogP contribution in [0.4, 0.5) is 0 Å². The third-order valence-corrected chi connectivity index (χ3v) is 3.62. The van der Waals surface area contributed by atoms with Gasteiger partial charge in [0.15, 0.2) is 0 Å². The number of aliphatic hydroxyl groups excluding tert-OH is 1. The first-order valence-electron chi connectivity index (χ1n) is 6.15. The molecule has 2 rings (SSSR count). The number of methoxy groups -OCH3 is 1. The van der Waals surface area contributed by atoms with E-state index in [2.05, 4.69) is 15.0 Å². The molecule has 0 radical (unpaired) electrons. The Morgan fingerprint density at radius 2 is 2.35 bits per heavy atom. The van der Waals surface area contributed by atoms with Gasteiger partial charge >= 0.3 is 5.69 Å². The summed E-state index contributed by atoms with van der Waals surface area (Å²) >= 11 is 0. The van der Waals surface area contributed by atoms with Gasteiger partial charge in [0.05, 0.1) is 13.3 Å². The Morgan fingerprint density at radius 1 is 1.60 bits per heavy atom. The maximum atomic E-state index is 11.8. The number of H-pyrrole nitrogens is 1. The van der Waals surface area contributed by atoms with Crippen molar-refractivity contribution in [1.82, 2.24) is 9.55 Å². The molecule has 0 aliphatic heterocycles. The van der Waals surface area contributed by atoms with Gasteiger partial charge in [-0.1, -0.05) is 5.11 Å². The summed E-state index contributed by atoms with van der Waals surface area (Å²) in [6.45, 7) is -0.116. The Hall–Kier alpha value is -2.25. The van der Waals surface area contributed by atoms with E-state index in [9.17, 15) is 14.7 Å². The monoisotopic (exact) mass is 281 g/mol. The van der Waals surface area contributed by atoms with E-state index in [1.165, 1.54) is 17.9 Å². The summed E-state index contributed by atoms with van der Waals surface area (Å²) in [4.78, 5) is 28.2. The van der Waals surface area contributed by atoms with Gasteiger partial charge in [-0.15, -0.1) is 0 Å². The third kappa shape index (κ3) is 2.54. The van der Waals surface area contributed by atoms with Gasteiger partial charge in [0.1, 0.15) is 0 Å². The normalized spacial score (nSPS) is 25.2. The molecule has 9 nitrogen and oxygen atoms in total. The predicted octanol–water partition coefficient (Wildman–Crippen LogP) is 0.168. The van der Waals surface area contributed by atoms with E-state index in [1.54, 1.807) is 0 Å². The molecule has 1 fully saturated rings. The van der Waals surface area contributed by atoms with E-state index in [0.717, 1.165) is 0 Å². The first-order chi connectivity index (χ1) is 9.60. The summed E-state index contributed by atoms with van der Waals surface area (Å²) < 4.78 is 6.25. The summed E-state index contributed by atoms with van der Waals surface area (Å²) in [5.74, 6) is -0.155. The standard InChI is InChI=1S/C11H15N5O4/c1-20-9-4-16(11(19)13-10(9)18)7-2-6(5-17)8(3-7)14-15-12/h4,6-8,17H,2-3,5H2,1H3,(H,13,18,19)/t6-,7-,8+/m1/s1. The van der Waals surface area contributed by atoms with Crippen molar-refractivity contribution in [3.63, 3.8) is 0 Å². The van der Waals surface area contributed by atoms with Crippen LogP contribution in [0, 0.1) is 5.92 Å². The van der Waals surface area contributed by atoms with Crippen LogP contribution in [0.15, 0.2) is 20.9 Å². The van der Waals surface area contributed by atoms with Crippen molar-refractivity contribution in [2.45, 2.75) is 24.9 Å². The average Bonchev–Trinajstić information content (AvgIpc) is 2.82. The zero-order valence-electron chi connectivity index (χ0n) is 10.9. The number of aromatic amines is 1. The molecule has 0 bridgehead atoms. The minimum atomic E-state index is -0.586. The van der Waals surface area contributed by atoms with Crippen molar-refractivity contribution in [3.05, 3.63) is 37.5 Å². The molecule has 0 aromatic carbocycles. The van der Waals surface area contributed by atoms with Crippen LogP contribution in [-0.4, -0.2) is 34.4 Å². The number of ether oxygens (including phenoxy) is 1. The smallest absolute Gasteiger partial charge is 0.328 e. The van der Waals surface area contributed by atoms with Crippen molar-refractivity contribution in [1.29, 1.82) is 0 Å². The van der Waals surface area contributed by atoms with Gasteiger partial charge < -0.3 is 9.84 Å². The number of nitrogens with one attached hydrogen (secondary N) is 1. The van der Waals surface area contributed by atoms with Crippen LogP contribution in [0.3, 0.4) is 0 Å². The highest BCUT2D eigenvalue weighted by molar-refractivity contribution is 5.12. The third-order valence-electron chi connectivity index (χ3n) is 3.62. The fourth-order valence-corrected chi connectivity index (χ4v) is 2.59. The number of aromatic nitrogens is 2. The lowest BCUT2D eigenvalue weighted by Crippen LogP contribution is -2.32. The maximum Gasteiger partial charge on any atom is 0.328 e. The molecule has 1 aliphatic rings. The Kier molecular flexibility index (Phi) is 4.11. The van der Waals surface area contributed by atoms with Gasteiger partial charge in [-0.2, -0.15) is 0 Å². The maximum absolute atomic E-state index is 11.8. The minimum absolute atomic E-state index is 0.0392. The highest BCUT2D eigenvalue weighted by Crippen LogP contribution is 2.36. The Morgan fingerprint density at radius 3 is 2.95 bits per heavy atom. The topological polar surface area (TPSA) is 133 Å². The molecule has 0 unspecified atom stereocenters. The molecule has 0 spiro atoms. The van der Waals surface area contributed by atoms with E-state index in [4.69, 9.17) is 10.3 Å². The molecule has 1 aromatic rings. The summed E-state index contributed by atoms with van der Waals surface area (Å²) in [5, 5.41) is 12.9. The lowest BCUT2D eigenvalue weighted by atomic mass is 10.1. The van der Waals surface area contributed by atoms with E-state index < -0.39 is 11.2 Å².